The van der Waals surface area contributed by atoms with Crippen molar-refractivity contribution < 1.29 is 59.5 Å². The number of ether oxygens (including phenoxy) is 4. The quantitative estimate of drug-likeness (QED) is 0.288. The first kappa shape index (κ1) is 23.9. The van der Waals surface area contributed by atoms with Gasteiger partial charge in [0.15, 0.2) is 17.6 Å². The molecule has 12 heteroatoms. The van der Waals surface area contributed by atoms with E-state index in [-0.39, 0.29) is 40.7 Å². The highest BCUT2D eigenvalue weighted by molar-refractivity contribution is 5.73. The number of carbonyl (C=O) groups is 1. The molecule has 2 aliphatic heterocycles. The van der Waals surface area contributed by atoms with Crippen LogP contribution < -0.4 is 14.2 Å². The number of aliphatic hydroxyl groups is 4. The Kier molecular flexibility index (Phi) is 6.43. The van der Waals surface area contributed by atoms with Gasteiger partial charge in [-0.2, -0.15) is 0 Å². The third kappa shape index (κ3) is 4.29. The molecule has 7 atom stereocenters. The Labute approximate surface area is 192 Å². The maximum atomic E-state index is 11.3. The van der Waals surface area contributed by atoms with Gasteiger partial charge in [-0.1, -0.05) is 6.07 Å². The molecule has 184 valence electrons. The second kappa shape index (κ2) is 9.16. The molecule has 0 spiro atoms. The van der Waals surface area contributed by atoms with E-state index in [1.807, 2.05) is 0 Å². The number of fused-ring (bicyclic) bond motifs is 1. The van der Waals surface area contributed by atoms with Crippen molar-refractivity contribution in [3.05, 3.63) is 41.5 Å². The van der Waals surface area contributed by atoms with E-state index in [0.717, 1.165) is 6.07 Å². The van der Waals surface area contributed by atoms with Gasteiger partial charge in [0.25, 0.3) is 0 Å². The monoisotopic (exact) mass is 480 g/mol. The number of aliphatic carboxylic acids is 1. The highest BCUT2D eigenvalue weighted by Crippen LogP contribution is 2.44. The number of aromatic hydroxyl groups is 2. The van der Waals surface area contributed by atoms with Crippen LogP contribution in [0, 0.1) is 0 Å². The number of methoxy groups -OCH3 is 1. The molecule has 34 heavy (non-hydrogen) atoms. The molecule has 0 bridgehead atoms. The van der Waals surface area contributed by atoms with Crippen molar-refractivity contribution in [3.63, 3.8) is 0 Å². The molecule has 0 aromatic heterocycles. The Morgan fingerprint density at radius 1 is 1.00 bits per heavy atom. The van der Waals surface area contributed by atoms with Crippen LogP contribution >= 0.6 is 0 Å². The molecule has 0 amide bonds. The largest absolute Gasteiger partial charge is 0.508 e. The highest BCUT2D eigenvalue weighted by atomic mass is 16.7. The van der Waals surface area contributed by atoms with E-state index < -0.39 is 48.9 Å². The molecule has 1 fully saturated rings. The molecule has 12 nitrogen and oxygen atoms in total. The summed E-state index contributed by atoms with van der Waals surface area (Å²) in [6.45, 7) is 0. The predicted molar refractivity (Wildman–Crippen MR) is 111 cm³/mol. The van der Waals surface area contributed by atoms with Gasteiger partial charge in [-0.25, -0.2) is 4.79 Å². The van der Waals surface area contributed by atoms with Crippen molar-refractivity contribution >= 4 is 5.97 Å². The number of hydrogen-bond acceptors (Lipinski definition) is 11. The summed E-state index contributed by atoms with van der Waals surface area (Å²) in [6, 6.07) is 6.87. The normalized spacial score (nSPS) is 30.7. The molecule has 2 unspecified atom stereocenters. The summed E-state index contributed by atoms with van der Waals surface area (Å²) in [6.07, 6.45) is -11.2. The molecule has 2 heterocycles. The van der Waals surface area contributed by atoms with Gasteiger partial charge in [-0.05, 0) is 17.7 Å². The smallest absolute Gasteiger partial charge is 0.335 e. The Morgan fingerprint density at radius 2 is 1.74 bits per heavy atom. The van der Waals surface area contributed by atoms with Crippen LogP contribution in [0.3, 0.4) is 0 Å². The number of carboxylic acid groups (broad SMARTS) is 1. The van der Waals surface area contributed by atoms with Gasteiger partial charge in [0.1, 0.15) is 41.7 Å². The molecule has 4 rings (SSSR count). The SMILES string of the molecule is COc1cc(C2Oc3cc(O)cc(O[C@@H]4O[C@H](C(=O)O)[C@@H](O)[C@H](O)[C@H]4O)c3CC2O)ccc1O. The van der Waals surface area contributed by atoms with Crippen LogP contribution in [0.15, 0.2) is 30.3 Å². The van der Waals surface area contributed by atoms with Crippen molar-refractivity contribution in [2.75, 3.05) is 7.11 Å². The van der Waals surface area contributed by atoms with Gasteiger partial charge < -0.3 is 54.7 Å². The summed E-state index contributed by atoms with van der Waals surface area (Å²) in [5.41, 5.74) is 0.779. The molecule has 0 radical (unpaired) electrons. The third-order valence-electron chi connectivity index (χ3n) is 5.76. The molecule has 2 aliphatic rings. The van der Waals surface area contributed by atoms with Crippen LogP contribution in [0.1, 0.15) is 17.2 Å². The van der Waals surface area contributed by atoms with Crippen LogP contribution in [0.4, 0.5) is 0 Å². The second-order valence-electron chi connectivity index (χ2n) is 8.01. The first-order chi connectivity index (χ1) is 16.1. The lowest BCUT2D eigenvalue weighted by atomic mass is 9.93. The highest BCUT2D eigenvalue weighted by Gasteiger charge is 2.48. The summed E-state index contributed by atoms with van der Waals surface area (Å²) >= 11 is 0. The van der Waals surface area contributed by atoms with E-state index >= 15 is 0 Å². The van der Waals surface area contributed by atoms with Crippen molar-refractivity contribution in [1.29, 1.82) is 0 Å². The summed E-state index contributed by atoms with van der Waals surface area (Å²) in [5, 5.41) is 70.0. The number of aliphatic hydroxyl groups excluding tert-OH is 4. The van der Waals surface area contributed by atoms with Crippen LogP contribution in [-0.4, -0.2) is 85.6 Å². The maximum absolute atomic E-state index is 11.3. The van der Waals surface area contributed by atoms with Gasteiger partial charge in [-0.15, -0.1) is 0 Å². The fourth-order valence-corrected chi connectivity index (χ4v) is 3.98. The van der Waals surface area contributed by atoms with Crippen LogP contribution in [-0.2, 0) is 16.0 Å². The lowest BCUT2D eigenvalue weighted by Gasteiger charge is -2.39. The Hall–Kier alpha value is -3.29. The zero-order valence-electron chi connectivity index (χ0n) is 17.8. The van der Waals surface area contributed by atoms with Gasteiger partial charge >= 0.3 is 5.97 Å². The van der Waals surface area contributed by atoms with Crippen molar-refractivity contribution in [3.8, 4) is 28.7 Å². The van der Waals surface area contributed by atoms with Crippen molar-refractivity contribution in [2.24, 2.45) is 0 Å². The van der Waals surface area contributed by atoms with Crippen molar-refractivity contribution in [1.82, 2.24) is 0 Å². The Morgan fingerprint density at radius 3 is 2.41 bits per heavy atom. The summed E-state index contributed by atoms with van der Waals surface area (Å²) in [7, 11) is 1.38. The Bertz CT molecular complexity index is 1070. The average Bonchev–Trinajstić information content (AvgIpc) is 2.79. The van der Waals surface area contributed by atoms with Gasteiger partial charge in [0.05, 0.1) is 13.2 Å². The minimum Gasteiger partial charge on any atom is -0.508 e. The number of carboxylic acids is 1. The number of phenolic OH excluding ortho intramolecular Hbond substituents is 2. The van der Waals surface area contributed by atoms with E-state index in [1.165, 1.54) is 25.3 Å². The number of rotatable bonds is 5. The first-order valence-electron chi connectivity index (χ1n) is 10.3. The molecule has 7 N–H and O–H groups in total. The minimum absolute atomic E-state index is 0.0326. The van der Waals surface area contributed by atoms with E-state index in [1.54, 1.807) is 6.07 Å². The first-order valence-corrected chi connectivity index (χ1v) is 10.3. The standard InChI is InChI=1S/C22H24O12/c1-31-15-4-8(2-3-11(15)24)19-12(25)7-10-13(32-19)5-9(23)6-14(10)33-22-18(28)16(26)17(27)20(34-22)21(29)30/h2-6,12,16-20,22-28H,7H2,1H3,(H,29,30)/t12?,16-,17-,18+,19?,20-,22+/m0/s1. The molecular weight excluding hydrogens is 456 g/mol. The lowest BCUT2D eigenvalue weighted by molar-refractivity contribution is -0.271. The summed E-state index contributed by atoms with van der Waals surface area (Å²) in [5.74, 6) is -1.74. The Balaban J connectivity index is 1.63. The van der Waals surface area contributed by atoms with Crippen LogP contribution in [0.2, 0.25) is 0 Å². The van der Waals surface area contributed by atoms with Crippen LogP contribution in [0.25, 0.3) is 0 Å². The minimum atomic E-state index is -1.89. The summed E-state index contributed by atoms with van der Waals surface area (Å²) in [4.78, 5) is 11.3. The second-order valence-corrected chi connectivity index (χ2v) is 8.01. The predicted octanol–water partition coefficient (Wildman–Crippen LogP) is -0.586. The summed E-state index contributed by atoms with van der Waals surface area (Å²) < 4.78 is 21.7. The molecule has 0 aliphatic carbocycles. The topological polar surface area (TPSA) is 196 Å². The van der Waals surface area contributed by atoms with Crippen molar-refractivity contribution in [2.45, 2.75) is 49.3 Å². The fourth-order valence-electron chi connectivity index (χ4n) is 3.98. The average molecular weight is 480 g/mol. The van der Waals surface area contributed by atoms with Gasteiger partial charge in [0, 0.05) is 24.1 Å². The number of benzene rings is 2. The molecule has 2 aromatic rings. The van der Waals surface area contributed by atoms with E-state index in [4.69, 9.17) is 18.9 Å². The van der Waals surface area contributed by atoms with E-state index in [0.29, 0.717) is 5.56 Å². The molecular formula is C22H24O12. The fraction of sp³-hybridized carbons (Fsp3) is 0.409. The van der Waals surface area contributed by atoms with Gasteiger partial charge in [0.2, 0.25) is 6.29 Å². The maximum Gasteiger partial charge on any atom is 0.335 e. The molecule has 0 saturated carbocycles. The zero-order valence-corrected chi connectivity index (χ0v) is 17.8. The van der Waals surface area contributed by atoms with E-state index in [9.17, 15) is 40.5 Å². The zero-order chi connectivity index (χ0) is 24.7. The van der Waals surface area contributed by atoms with E-state index in [2.05, 4.69) is 0 Å². The number of phenols is 2. The van der Waals surface area contributed by atoms with Gasteiger partial charge in [-0.3, -0.25) is 0 Å². The lowest BCUT2D eigenvalue weighted by Crippen LogP contribution is -2.61. The third-order valence-corrected chi connectivity index (χ3v) is 5.76. The van der Waals surface area contributed by atoms with Crippen LogP contribution in [0.5, 0.6) is 28.7 Å². The number of hydrogen-bond donors (Lipinski definition) is 7. The molecule has 1 saturated heterocycles. The molecule has 2 aromatic carbocycles.